The van der Waals surface area contributed by atoms with Gasteiger partial charge in [0.1, 0.15) is 23.0 Å². The van der Waals surface area contributed by atoms with E-state index in [1.165, 1.54) is 0 Å². The standard InChI is InChI=1S/C16H16I2O4/c1-19-13-7-11(17)15(21-3)5-9(13)10-6-16(22-4)12(18)8-14(10)20-2/h5-8H,1-4H3. The third-order valence-electron chi connectivity index (χ3n) is 3.24. The molecule has 118 valence electrons. The van der Waals surface area contributed by atoms with Gasteiger partial charge in [-0.2, -0.15) is 0 Å². The summed E-state index contributed by atoms with van der Waals surface area (Å²) in [6.07, 6.45) is 0. The molecule has 0 aromatic heterocycles. The van der Waals surface area contributed by atoms with Crippen LogP contribution in [0.1, 0.15) is 0 Å². The van der Waals surface area contributed by atoms with E-state index in [0.29, 0.717) is 0 Å². The number of hydrogen-bond donors (Lipinski definition) is 0. The third-order valence-corrected chi connectivity index (χ3v) is 4.92. The van der Waals surface area contributed by atoms with Crippen molar-refractivity contribution in [3.63, 3.8) is 0 Å². The summed E-state index contributed by atoms with van der Waals surface area (Å²) in [7, 11) is 6.61. The molecule has 2 rings (SSSR count). The minimum absolute atomic E-state index is 0.756. The van der Waals surface area contributed by atoms with Crippen LogP contribution in [0.3, 0.4) is 0 Å². The molecule has 0 spiro atoms. The summed E-state index contributed by atoms with van der Waals surface area (Å²) >= 11 is 4.44. The first-order valence-electron chi connectivity index (χ1n) is 6.39. The molecule has 0 aliphatic heterocycles. The molecule has 2 aromatic rings. The van der Waals surface area contributed by atoms with E-state index in [9.17, 15) is 0 Å². The Labute approximate surface area is 157 Å². The Morgan fingerprint density at radius 3 is 1.14 bits per heavy atom. The van der Waals surface area contributed by atoms with E-state index < -0.39 is 0 Å². The van der Waals surface area contributed by atoms with E-state index in [2.05, 4.69) is 45.2 Å². The van der Waals surface area contributed by atoms with Gasteiger partial charge < -0.3 is 18.9 Å². The van der Waals surface area contributed by atoms with Crippen LogP contribution in [-0.4, -0.2) is 28.4 Å². The fourth-order valence-corrected chi connectivity index (χ4v) is 3.46. The molecule has 0 saturated heterocycles. The second-order valence-corrected chi connectivity index (χ2v) is 6.70. The average Bonchev–Trinajstić information content (AvgIpc) is 2.54. The van der Waals surface area contributed by atoms with E-state index in [1.807, 2.05) is 24.3 Å². The molecule has 0 aliphatic carbocycles. The normalized spacial score (nSPS) is 10.3. The molecule has 0 N–H and O–H groups in total. The molecule has 22 heavy (non-hydrogen) atoms. The molecule has 2 aromatic carbocycles. The van der Waals surface area contributed by atoms with Crippen molar-refractivity contribution in [1.29, 1.82) is 0 Å². The van der Waals surface area contributed by atoms with E-state index in [1.54, 1.807) is 28.4 Å². The summed E-state index contributed by atoms with van der Waals surface area (Å²) in [5, 5.41) is 0. The van der Waals surface area contributed by atoms with Crippen molar-refractivity contribution in [3.05, 3.63) is 31.4 Å². The topological polar surface area (TPSA) is 36.9 Å². The van der Waals surface area contributed by atoms with Crippen molar-refractivity contribution < 1.29 is 18.9 Å². The van der Waals surface area contributed by atoms with Gasteiger partial charge in [-0.05, 0) is 69.4 Å². The lowest BCUT2D eigenvalue weighted by Gasteiger charge is -2.16. The molecule has 0 amide bonds. The molecule has 0 atom stereocenters. The van der Waals surface area contributed by atoms with Crippen molar-refractivity contribution >= 4 is 45.2 Å². The first kappa shape index (κ1) is 17.5. The summed E-state index contributed by atoms with van der Waals surface area (Å²) in [6.45, 7) is 0. The van der Waals surface area contributed by atoms with Gasteiger partial charge in [0.05, 0.1) is 35.6 Å². The first-order valence-corrected chi connectivity index (χ1v) is 8.54. The zero-order valence-electron chi connectivity index (χ0n) is 12.7. The Bertz CT molecular complexity index is 627. The van der Waals surface area contributed by atoms with Crippen LogP contribution in [0, 0.1) is 7.14 Å². The smallest absolute Gasteiger partial charge is 0.133 e. The molecular formula is C16H16I2O4. The molecule has 0 aliphatic rings. The van der Waals surface area contributed by atoms with Crippen LogP contribution in [-0.2, 0) is 0 Å². The van der Waals surface area contributed by atoms with Crippen LogP contribution < -0.4 is 18.9 Å². The minimum atomic E-state index is 0.756. The molecule has 0 heterocycles. The van der Waals surface area contributed by atoms with Gasteiger partial charge in [0.25, 0.3) is 0 Å². The van der Waals surface area contributed by atoms with Crippen molar-refractivity contribution in [3.8, 4) is 34.1 Å². The summed E-state index contributed by atoms with van der Waals surface area (Å²) in [4.78, 5) is 0. The zero-order chi connectivity index (χ0) is 16.3. The number of hydrogen-bond acceptors (Lipinski definition) is 4. The number of halogens is 2. The number of methoxy groups -OCH3 is 4. The average molecular weight is 526 g/mol. The van der Waals surface area contributed by atoms with Gasteiger partial charge in [-0.15, -0.1) is 0 Å². The second-order valence-electron chi connectivity index (χ2n) is 4.37. The molecule has 0 bridgehead atoms. The van der Waals surface area contributed by atoms with Crippen molar-refractivity contribution in [2.75, 3.05) is 28.4 Å². The lowest BCUT2D eigenvalue weighted by atomic mass is 10.0. The highest BCUT2D eigenvalue weighted by atomic mass is 127. The van der Waals surface area contributed by atoms with Crippen molar-refractivity contribution in [2.45, 2.75) is 0 Å². The first-order chi connectivity index (χ1) is 10.5. The zero-order valence-corrected chi connectivity index (χ0v) is 17.0. The fourth-order valence-electron chi connectivity index (χ4n) is 2.14. The Kier molecular flexibility index (Phi) is 6.01. The monoisotopic (exact) mass is 526 g/mol. The van der Waals surface area contributed by atoms with Crippen molar-refractivity contribution in [2.24, 2.45) is 0 Å². The predicted octanol–water partition coefficient (Wildman–Crippen LogP) is 4.60. The van der Waals surface area contributed by atoms with Gasteiger partial charge in [0, 0.05) is 11.1 Å². The van der Waals surface area contributed by atoms with E-state index in [-0.39, 0.29) is 0 Å². The van der Waals surface area contributed by atoms with Crippen molar-refractivity contribution in [1.82, 2.24) is 0 Å². The summed E-state index contributed by atoms with van der Waals surface area (Å²) in [6, 6.07) is 7.78. The third kappa shape index (κ3) is 3.37. The highest BCUT2D eigenvalue weighted by Crippen LogP contribution is 2.43. The summed E-state index contributed by atoms with van der Waals surface area (Å²) in [5.74, 6) is 3.09. The highest BCUT2D eigenvalue weighted by Gasteiger charge is 2.17. The van der Waals surface area contributed by atoms with E-state index >= 15 is 0 Å². The quantitative estimate of drug-likeness (QED) is 0.535. The lowest BCUT2D eigenvalue weighted by Crippen LogP contribution is -1.97. The van der Waals surface area contributed by atoms with Gasteiger partial charge in [-0.1, -0.05) is 0 Å². The number of rotatable bonds is 5. The molecule has 0 fully saturated rings. The summed E-state index contributed by atoms with van der Waals surface area (Å²) in [5.41, 5.74) is 1.79. The maximum Gasteiger partial charge on any atom is 0.133 e. The largest absolute Gasteiger partial charge is 0.496 e. The van der Waals surface area contributed by atoms with Crippen LogP contribution in [0.25, 0.3) is 11.1 Å². The Morgan fingerprint density at radius 1 is 0.545 bits per heavy atom. The fraction of sp³-hybridized carbons (Fsp3) is 0.250. The van der Waals surface area contributed by atoms with Crippen LogP contribution in [0.5, 0.6) is 23.0 Å². The molecule has 6 heteroatoms. The Morgan fingerprint density at radius 2 is 0.864 bits per heavy atom. The molecule has 0 unspecified atom stereocenters. The van der Waals surface area contributed by atoms with Crippen LogP contribution in [0.15, 0.2) is 24.3 Å². The predicted molar refractivity (Wildman–Crippen MR) is 104 cm³/mol. The van der Waals surface area contributed by atoms with Gasteiger partial charge in [0.2, 0.25) is 0 Å². The van der Waals surface area contributed by atoms with Crippen LogP contribution in [0.4, 0.5) is 0 Å². The van der Waals surface area contributed by atoms with E-state index in [0.717, 1.165) is 41.3 Å². The van der Waals surface area contributed by atoms with Crippen LogP contribution >= 0.6 is 45.2 Å². The van der Waals surface area contributed by atoms with Gasteiger partial charge >= 0.3 is 0 Å². The number of ether oxygens (including phenoxy) is 4. The Hall–Kier alpha value is -0.900. The Balaban J connectivity index is 2.74. The van der Waals surface area contributed by atoms with Crippen LogP contribution in [0.2, 0.25) is 0 Å². The van der Waals surface area contributed by atoms with Gasteiger partial charge in [0.15, 0.2) is 0 Å². The SMILES string of the molecule is COc1cc(-c2cc(OC)c(I)cc2OC)c(OC)cc1I. The molecule has 0 radical (unpaired) electrons. The summed E-state index contributed by atoms with van der Waals surface area (Å²) < 4.78 is 23.9. The van der Waals surface area contributed by atoms with Gasteiger partial charge in [-0.25, -0.2) is 0 Å². The second kappa shape index (κ2) is 7.58. The molecule has 4 nitrogen and oxygen atoms in total. The molecule has 0 saturated carbocycles. The minimum Gasteiger partial charge on any atom is -0.496 e. The highest BCUT2D eigenvalue weighted by molar-refractivity contribution is 14.1. The molecular weight excluding hydrogens is 510 g/mol. The maximum atomic E-state index is 5.52. The van der Waals surface area contributed by atoms with Gasteiger partial charge in [-0.3, -0.25) is 0 Å². The maximum absolute atomic E-state index is 5.52. The lowest BCUT2D eigenvalue weighted by molar-refractivity contribution is 0.397. The van der Waals surface area contributed by atoms with E-state index in [4.69, 9.17) is 18.9 Å². The number of benzene rings is 2.